The van der Waals surface area contributed by atoms with Crippen LogP contribution in [0.2, 0.25) is 0 Å². The molecule has 2 aromatic heterocycles. The topological polar surface area (TPSA) is 73.2 Å². The van der Waals surface area contributed by atoms with Gasteiger partial charge in [0.05, 0.1) is 24.1 Å². The van der Waals surface area contributed by atoms with Gasteiger partial charge in [0.2, 0.25) is 5.91 Å². The molecule has 4 rings (SSSR count). The van der Waals surface area contributed by atoms with Gasteiger partial charge in [-0.25, -0.2) is 4.98 Å². The summed E-state index contributed by atoms with van der Waals surface area (Å²) in [5.74, 6) is 0.517. The molecule has 0 atom stereocenters. The zero-order valence-corrected chi connectivity index (χ0v) is 19.0. The van der Waals surface area contributed by atoms with E-state index < -0.39 is 0 Å². The number of carbonyl (C=O) groups is 1. The lowest BCUT2D eigenvalue weighted by Crippen LogP contribution is -2.22. The fourth-order valence-electron chi connectivity index (χ4n) is 3.33. The second kappa shape index (κ2) is 8.95. The van der Waals surface area contributed by atoms with E-state index in [0.717, 1.165) is 16.8 Å². The maximum absolute atomic E-state index is 13.3. The predicted octanol–water partition coefficient (Wildman–Crippen LogP) is 4.80. The van der Waals surface area contributed by atoms with Crippen molar-refractivity contribution in [1.82, 2.24) is 9.55 Å². The molecule has 1 amide bonds. The minimum Gasteiger partial charge on any atom is -0.495 e. The van der Waals surface area contributed by atoms with Gasteiger partial charge in [-0.1, -0.05) is 42.1 Å². The molecule has 0 aliphatic carbocycles. The molecule has 0 saturated heterocycles. The number of nitrogens with one attached hydrogen (secondary N) is 1. The maximum Gasteiger partial charge on any atom is 0.276 e. The van der Waals surface area contributed by atoms with Crippen molar-refractivity contribution >= 4 is 44.9 Å². The van der Waals surface area contributed by atoms with Crippen molar-refractivity contribution in [2.24, 2.45) is 0 Å². The van der Waals surface area contributed by atoms with Crippen molar-refractivity contribution in [2.45, 2.75) is 19.0 Å². The molecule has 0 bridgehead atoms. The normalized spacial score (nSPS) is 10.9. The number of hydrogen-bond donors (Lipinski definition) is 1. The third-order valence-electron chi connectivity index (χ3n) is 4.85. The average molecular weight is 452 g/mol. The van der Waals surface area contributed by atoms with Crippen molar-refractivity contribution in [1.29, 1.82) is 0 Å². The van der Waals surface area contributed by atoms with Crippen molar-refractivity contribution < 1.29 is 9.53 Å². The van der Waals surface area contributed by atoms with E-state index >= 15 is 0 Å². The van der Waals surface area contributed by atoms with E-state index in [2.05, 4.69) is 10.3 Å². The molecular weight excluding hydrogens is 430 g/mol. The number of methoxy groups -OCH3 is 1. The van der Waals surface area contributed by atoms with E-state index in [1.165, 1.54) is 27.7 Å². The molecule has 2 aromatic carbocycles. The van der Waals surface area contributed by atoms with Gasteiger partial charge in [-0.15, -0.1) is 11.3 Å². The summed E-state index contributed by atoms with van der Waals surface area (Å²) in [7, 11) is 1.56. The third kappa shape index (κ3) is 4.22. The highest BCUT2D eigenvalue weighted by molar-refractivity contribution is 7.99. The molecule has 4 aromatic rings. The Morgan fingerprint density at radius 1 is 1.13 bits per heavy atom. The van der Waals surface area contributed by atoms with E-state index in [9.17, 15) is 9.59 Å². The Hall–Kier alpha value is -3.10. The molecule has 6 nitrogen and oxygen atoms in total. The number of rotatable bonds is 6. The van der Waals surface area contributed by atoms with E-state index in [4.69, 9.17) is 4.74 Å². The highest BCUT2D eigenvalue weighted by Crippen LogP contribution is 2.28. The summed E-state index contributed by atoms with van der Waals surface area (Å²) in [5.41, 5.74) is 3.86. The Bertz CT molecular complexity index is 1310. The van der Waals surface area contributed by atoms with Crippen LogP contribution in [0.25, 0.3) is 15.9 Å². The van der Waals surface area contributed by atoms with Gasteiger partial charge in [0.15, 0.2) is 5.16 Å². The molecule has 0 radical (unpaired) electrons. The fourth-order valence-corrected chi connectivity index (χ4v) is 4.90. The van der Waals surface area contributed by atoms with Crippen LogP contribution in [-0.4, -0.2) is 28.3 Å². The summed E-state index contributed by atoms with van der Waals surface area (Å²) in [4.78, 5) is 30.6. The minimum atomic E-state index is -0.179. The molecular formula is C23H21N3O3S2. The van der Waals surface area contributed by atoms with Crippen LogP contribution < -0.4 is 15.6 Å². The number of anilines is 1. The lowest BCUT2D eigenvalue weighted by molar-refractivity contribution is -0.113. The number of hydrogen-bond acceptors (Lipinski definition) is 6. The molecule has 0 aliphatic rings. The van der Waals surface area contributed by atoms with Gasteiger partial charge in [0.1, 0.15) is 10.4 Å². The van der Waals surface area contributed by atoms with Gasteiger partial charge < -0.3 is 10.1 Å². The molecule has 0 saturated carbocycles. The summed E-state index contributed by atoms with van der Waals surface area (Å²) in [6.07, 6.45) is 0. The number of fused-ring (bicyclic) bond motifs is 1. The Morgan fingerprint density at radius 2 is 1.87 bits per heavy atom. The molecule has 1 N–H and O–H groups in total. The van der Waals surface area contributed by atoms with Gasteiger partial charge in [0.25, 0.3) is 5.56 Å². The first kappa shape index (κ1) is 21.1. The Labute approximate surface area is 187 Å². The highest BCUT2D eigenvalue weighted by atomic mass is 32.2. The smallest absolute Gasteiger partial charge is 0.276 e. The second-order valence-electron chi connectivity index (χ2n) is 6.95. The molecule has 0 spiro atoms. The van der Waals surface area contributed by atoms with Gasteiger partial charge >= 0.3 is 0 Å². The van der Waals surface area contributed by atoms with E-state index in [0.29, 0.717) is 26.8 Å². The van der Waals surface area contributed by atoms with Gasteiger partial charge in [0, 0.05) is 5.69 Å². The van der Waals surface area contributed by atoms with Crippen molar-refractivity contribution in [2.75, 3.05) is 18.2 Å². The predicted molar refractivity (Wildman–Crippen MR) is 127 cm³/mol. The lowest BCUT2D eigenvalue weighted by atomic mass is 10.1. The van der Waals surface area contributed by atoms with Crippen LogP contribution in [0.1, 0.15) is 11.1 Å². The Kier molecular flexibility index (Phi) is 6.11. The Balaban J connectivity index is 1.69. The SMILES string of the molecule is COc1ccccc1-n1c(SCC(=O)Nc2c(C)cccc2C)nc2ccsc2c1=O. The minimum absolute atomic E-state index is 0.116. The van der Waals surface area contributed by atoms with Crippen LogP contribution in [0.15, 0.2) is 63.9 Å². The van der Waals surface area contributed by atoms with Crippen LogP contribution in [0.4, 0.5) is 5.69 Å². The van der Waals surface area contributed by atoms with Crippen LogP contribution in [-0.2, 0) is 4.79 Å². The monoisotopic (exact) mass is 451 g/mol. The van der Waals surface area contributed by atoms with Gasteiger partial charge in [-0.3, -0.25) is 14.2 Å². The van der Waals surface area contributed by atoms with E-state index in [1.54, 1.807) is 13.2 Å². The number of para-hydroxylation sites is 3. The molecule has 2 heterocycles. The van der Waals surface area contributed by atoms with Crippen molar-refractivity contribution in [3.8, 4) is 11.4 Å². The lowest BCUT2D eigenvalue weighted by Gasteiger charge is -2.15. The molecule has 31 heavy (non-hydrogen) atoms. The fraction of sp³-hybridized carbons (Fsp3) is 0.174. The third-order valence-corrected chi connectivity index (χ3v) is 6.68. The number of carbonyl (C=O) groups excluding carboxylic acids is 1. The first-order valence-electron chi connectivity index (χ1n) is 9.62. The highest BCUT2D eigenvalue weighted by Gasteiger charge is 2.18. The number of thioether (sulfide) groups is 1. The van der Waals surface area contributed by atoms with Crippen LogP contribution in [0.3, 0.4) is 0 Å². The summed E-state index contributed by atoms with van der Waals surface area (Å²) in [6, 6.07) is 15.0. The largest absolute Gasteiger partial charge is 0.495 e. The molecule has 158 valence electrons. The van der Waals surface area contributed by atoms with Gasteiger partial charge in [-0.05, 0) is 48.6 Å². The van der Waals surface area contributed by atoms with E-state index in [1.807, 2.05) is 61.7 Å². The zero-order valence-electron chi connectivity index (χ0n) is 17.3. The first-order valence-corrected chi connectivity index (χ1v) is 11.5. The van der Waals surface area contributed by atoms with Crippen LogP contribution in [0.5, 0.6) is 5.75 Å². The molecule has 0 aliphatic heterocycles. The number of aryl methyl sites for hydroxylation is 2. The number of nitrogens with zero attached hydrogens (tertiary/aromatic N) is 2. The molecule has 0 unspecified atom stereocenters. The number of thiophene rings is 1. The second-order valence-corrected chi connectivity index (χ2v) is 8.80. The van der Waals surface area contributed by atoms with E-state index in [-0.39, 0.29) is 17.2 Å². The van der Waals surface area contributed by atoms with Crippen LogP contribution >= 0.6 is 23.1 Å². The van der Waals surface area contributed by atoms with Crippen molar-refractivity contribution in [3.63, 3.8) is 0 Å². The molecule has 8 heteroatoms. The first-order chi connectivity index (χ1) is 15.0. The number of amides is 1. The number of aromatic nitrogens is 2. The number of ether oxygens (including phenoxy) is 1. The summed E-state index contributed by atoms with van der Waals surface area (Å²) in [6.45, 7) is 3.92. The Morgan fingerprint density at radius 3 is 2.61 bits per heavy atom. The maximum atomic E-state index is 13.3. The summed E-state index contributed by atoms with van der Waals surface area (Å²) in [5, 5.41) is 5.26. The average Bonchev–Trinajstić information content (AvgIpc) is 3.24. The summed E-state index contributed by atoms with van der Waals surface area (Å²) < 4.78 is 7.55. The number of benzene rings is 2. The quantitative estimate of drug-likeness (QED) is 0.337. The van der Waals surface area contributed by atoms with Gasteiger partial charge in [-0.2, -0.15) is 0 Å². The zero-order chi connectivity index (χ0) is 22.0. The summed E-state index contributed by atoms with van der Waals surface area (Å²) >= 11 is 2.57. The molecule has 0 fully saturated rings. The van der Waals surface area contributed by atoms with Crippen molar-refractivity contribution in [3.05, 3.63) is 75.4 Å². The van der Waals surface area contributed by atoms with Crippen LogP contribution in [0, 0.1) is 13.8 Å². The standard InChI is InChI=1S/C23H21N3O3S2/c1-14-7-6-8-15(2)20(14)25-19(27)13-31-23-24-16-11-12-30-21(16)22(28)26(23)17-9-4-5-10-18(17)29-3/h4-12H,13H2,1-3H3,(H,25,27).